The number of nitrogens with one attached hydrogen (secondary N) is 1. The Morgan fingerprint density at radius 2 is 1.63 bits per heavy atom. The Bertz CT molecular complexity index is 834. The van der Waals surface area contributed by atoms with E-state index >= 15 is 0 Å². The summed E-state index contributed by atoms with van der Waals surface area (Å²) in [5.41, 5.74) is 1.93. The third-order valence-electron chi connectivity index (χ3n) is 3.82. The van der Waals surface area contributed by atoms with E-state index in [1.54, 1.807) is 49.9 Å². The third kappa shape index (κ3) is 6.37. The van der Waals surface area contributed by atoms with E-state index in [0.29, 0.717) is 12.2 Å². The Morgan fingerprint density at radius 3 is 2.19 bits per heavy atom. The largest absolute Gasteiger partial charge is 0.462 e. The molecule has 27 heavy (non-hydrogen) atoms. The molecule has 0 aliphatic heterocycles. The number of sulfonamides is 1. The van der Waals surface area contributed by atoms with Crippen LogP contribution in [-0.4, -0.2) is 38.5 Å². The fourth-order valence-electron chi connectivity index (χ4n) is 2.49. The van der Waals surface area contributed by atoms with Gasteiger partial charge in [-0.05, 0) is 55.5 Å². The summed E-state index contributed by atoms with van der Waals surface area (Å²) in [4.78, 5) is 12.4. The summed E-state index contributed by atoms with van der Waals surface area (Å²) in [5.74, 6) is 0.0939. The molecule has 0 aliphatic carbocycles. The van der Waals surface area contributed by atoms with E-state index in [0.717, 1.165) is 11.1 Å². The highest BCUT2D eigenvalue weighted by Gasteiger charge is 2.27. The number of hydrogen-bond acceptors (Lipinski definition) is 5. The lowest BCUT2D eigenvalue weighted by Crippen LogP contribution is -2.42. The van der Waals surface area contributed by atoms with Crippen LogP contribution in [0.4, 0.5) is 0 Å². The average molecular weight is 408 g/mol. The molecule has 2 aromatic carbocycles. The summed E-state index contributed by atoms with van der Waals surface area (Å²) in [6, 6.07) is 15.4. The van der Waals surface area contributed by atoms with Crippen LogP contribution in [-0.2, 0) is 19.6 Å². The SMILES string of the molecule is CSCCC(NS(=O)(=O)c1ccc(-c2ccccc2)cc1)C(=O)OC(C)C. The van der Waals surface area contributed by atoms with Crippen LogP contribution in [0.1, 0.15) is 20.3 Å². The smallest absolute Gasteiger partial charge is 0.324 e. The predicted molar refractivity (Wildman–Crippen MR) is 110 cm³/mol. The molecule has 2 rings (SSSR count). The van der Waals surface area contributed by atoms with Crippen molar-refractivity contribution in [3.05, 3.63) is 54.6 Å². The highest BCUT2D eigenvalue weighted by molar-refractivity contribution is 7.98. The van der Waals surface area contributed by atoms with Gasteiger partial charge in [-0.3, -0.25) is 4.79 Å². The third-order valence-corrected chi connectivity index (χ3v) is 5.95. The van der Waals surface area contributed by atoms with E-state index in [4.69, 9.17) is 4.74 Å². The molecule has 0 aliphatic rings. The van der Waals surface area contributed by atoms with Crippen LogP contribution in [0.15, 0.2) is 59.5 Å². The second kappa shape index (κ2) is 9.92. The summed E-state index contributed by atoms with van der Waals surface area (Å²) >= 11 is 1.55. The van der Waals surface area contributed by atoms with Gasteiger partial charge in [-0.1, -0.05) is 42.5 Å². The lowest BCUT2D eigenvalue weighted by molar-refractivity contribution is -0.149. The lowest BCUT2D eigenvalue weighted by atomic mass is 10.1. The molecule has 0 bridgehead atoms. The van der Waals surface area contributed by atoms with Crippen molar-refractivity contribution in [1.82, 2.24) is 4.72 Å². The minimum absolute atomic E-state index is 0.119. The lowest BCUT2D eigenvalue weighted by Gasteiger charge is -2.19. The molecule has 0 saturated heterocycles. The molecule has 1 atom stereocenters. The van der Waals surface area contributed by atoms with Gasteiger partial charge >= 0.3 is 5.97 Å². The van der Waals surface area contributed by atoms with E-state index in [9.17, 15) is 13.2 Å². The molecule has 2 aromatic rings. The van der Waals surface area contributed by atoms with Crippen molar-refractivity contribution < 1.29 is 17.9 Å². The highest BCUT2D eigenvalue weighted by Crippen LogP contribution is 2.21. The molecule has 0 aromatic heterocycles. The number of thioether (sulfide) groups is 1. The number of ether oxygens (including phenoxy) is 1. The predicted octanol–water partition coefficient (Wildman–Crippen LogP) is 3.71. The quantitative estimate of drug-likeness (QED) is 0.642. The summed E-state index contributed by atoms with van der Waals surface area (Å²) in [5, 5.41) is 0. The van der Waals surface area contributed by atoms with Crippen LogP contribution in [0, 0.1) is 0 Å². The molecule has 7 heteroatoms. The molecule has 0 fully saturated rings. The maximum Gasteiger partial charge on any atom is 0.324 e. The van der Waals surface area contributed by atoms with Crippen LogP contribution in [0.25, 0.3) is 11.1 Å². The minimum Gasteiger partial charge on any atom is -0.462 e. The van der Waals surface area contributed by atoms with Gasteiger partial charge in [0.15, 0.2) is 0 Å². The number of esters is 1. The second-order valence-electron chi connectivity index (χ2n) is 6.33. The van der Waals surface area contributed by atoms with Crippen molar-refractivity contribution in [2.24, 2.45) is 0 Å². The van der Waals surface area contributed by atoms with Gasteiger partial charge in [0.2, 0.25) is 10.0 Å². The molecule has 0 radical (unpaired) electrons. The summed E-state index contributed by atoms with van der Waals surface area (Å²) in [6.45, 7) is 3.47. The fourth-order valence-corrected chi connectivity index (χ4v) is 4.18. The van der Waals surface area contributed by atoms with E-state index in [1.165, 1.54) is 0 Å². The zero-order valence-electron chi connectivity index (χ0n) is 15.7. The Morgan fingerprint density at radius 1 is 1.04 bits per heavy atom. The van der Waals surface area contributed by atoms with Crippen LogP contribution in [0.2, 0.25) is 0 Å². The van der Waals surface area contributed by atoms with Gasteiger partial charge in [-0.2, -0.15) is 16.5 Å². The van der Waals surface area contributed by atoms with Gasteiger partial charge in [-0.25, -0.2) is 8.42 Å². The minimum atomic E-state index is -3.83. The second-order valence-corrected chi connectivity index (χ2v) is 9.03. The standard InChI is InChI=1S/C20H25NO4S2/c1-15(2)25-20(22)19(13-14-26-3)21-27(23,24)18-11-9-17(10-12-18)16-7-5-4-6-8-16/h4-12,15,19,21H,13-14H2,1-3H3. The molecule has 5 nitrogen and oxygen atoms in total. The topological polar surface area (TPSA) is 72.5 Å². The van der Waals surface area contributed by atoms with Gasteiger partial charge in [0.05, 0.1) is 11.0 Å². The normalized spacial score (nSPS) is 12.7. The molecule has 0 heterocycles. The van der Waals surface area contributed by atoms with Crippen molar-refractivity contribution >= 4 is 27.8 Å². The molecular weight excluding hydrogens is 382 g/mol. The maximum atomic E-state index is 12.7. The van der Waals surface area contributed by atoms with Crippen molar-refractivity contribution in [3.8, 4) is 11.1 Å². The number of rotatable bonds is 9. The van der Waals surface area contributed by atoms with Gasteiger partial charge < -0.3 is 4.74 Å². The first kappa shape index (κ1) is 21.5. The van der Waals surface area contributed by atoms with Crippen molar-refractivity contribution in [2.45, 2.75) is 37.3 Å². The summed E-state index contributed by atoms with van der Waals surface area (Å²) in [7, 11) is -3.83. The van der Waals surface area contributed by atoms with Crippen molar-refractivity contribution in [1.29, 1.82) is 0 Å². The first-order valence-corrected chi connectivity index (χ1v) is 11.6. The summed E-state index contributed by atoms with van der Waals surface area (Å²) < 4.78 is 33.1. The molecule has 146 valence electrons. The van der Waals surface area contributed by atoms with Crippen LogP contribution >= 0.6 is 11.8 Å². The molecule has 0 spiro atoms. The van der Waals surface area contributed by atoms with E-state index in [2.05, 4.69) is 4.72 Å². The van der Waals surface area contributed by atoms with E-state index in [-0.39, 0.29) is 11.0 Å². The molecule has 0 saturated carbocycles. The van der Waals surface area contributed by atoms with Crippen LogP contribution in [0.5, 0.6) is 0 Å². The van der Waals surface area contributed by atoms with E-state index < -0.39 is 22.0 Å². The van der Waals surface area contributed by atoms with Gasteiger partial charge in [-0.15, -0.1) is 0 Å². The van der Waals surface area contributed by atoms with Gasteiger partial charge in [0.25, 0.3) is 0 Å². The molecular formula is C20H25NO4S2. The highest BCUT2D eigenvalue weighted by atomic mass is 32.2. The fraction of sp³-hybridized carbons (Fsp3) is 0.350. The van der Waals surface area contributed by atoms with Gasteiger partial charge in [0.1, 0.15) is 6.04 Å². The van der Waals surface area contributed by atoms with Gasteiger partial charge in [0, 0.05) is 0 Å². The monoisotopic (exact) mass is 407 g/mol. The zero-order valence-corrected chi connectivity index (χ0v) is 17.3. The Hall–Kier alpha value is -1.83. The van der Waals surface area contributed by atoms with Crippen LogP contribution < -0.4 is 4.72 Å². The number of carbonyl (C=O) groups excluding carboxylic acids is 1. The summed E-state index contributed by atoms with van der Waals surface area (Å²) in [6.07, 6.45) is 1.97. The molecule has 1 N–H and O–H groups in total. The molecule has 1 unspecified atom stereocenters. The molecule has 0 amide bonds. The Balaban J connectivity index is 2.18. The van der Waals surface area contributed by atoms with Crippen LogP contribution in [0.3, 0.4) is 0 Å². The Kier molecular flexibility index (Phi) is 7.89. The average Bonchev–Trinajstić information content (AvgIpc) is 2.65. The van der Waals surface area contributed by atoms with E-state index in [1.807, 2.05) is 36.6 Å². The maximum absolute atomic E-state index is 12.7. The zero-order chi connectivity index (χ0) is 19.9. The van der Waals surface area contributed by atoms with Crippen molar-refractivity contribution in [3.63, 3.8) is 0 Å². The van der Waals surface area contributed by atoms with Crippen molar-refractivity contribution in [2.75, 3.05) is 12.0 Å². The first-order chi connectivity index (χ1) is 12.8. The number of hydrogen-bond donors (Lipinski definition) is 1. The number of benzene rings is 2. The Labute approximate surface area is 165 Å². The number of carbonyl (C=O) groups is 1. The first-order valence-electron chi connectivity index (χ1n) is 8.70.